The number of rotatable bonds is 7. The van der Waals surface area contributed by atoms with Crippen molar-refractivity contribution >= 4 is 0 Å². The van der Waals surface area contributed by atoms with Crippen molar-refractivity contribution < 1.29 is 0 Å². The average Bonchev–Trinajstić information content (AvgIpc) is 3.07. The van der Waals surface area contributed by atoms with Gasteiger partial charge < -0.3 is 5.32 Å². The number of nitrogens with one attached hydrogen (secondary N) is 1. The first-order valence-corrected chi connectivity index (χ1v) is 7.00. The lowest BCUT2D eigenvalue weighted by Crippen LogP contribution is -2.23. The second-order valence-electron chi connectivity index (χ2n) is 5.17. The third-order valence-corrected chi connectivity index (χ3v) is 3.70. The molecule has 0 spiro atoms. The van der Waals surface area contributed by atoms with Crippen molar-refractivity contribution in [3.05, 3.63) is 17.5 Å². The quantitative estimate of drug-likeness (QED) is 0.787. The first kappa shape index (κ1) is 12.6. The summed E-state index contributed by atoms with van der Waals surface area (Å²) in [7, 11) is 2.07. The van der Waals surface area contributed by atoms with E-state index in [0.717, 1.165) is 18.9 Å². The van der Waals surface area contributed by atoms with Crippen LogP contribution in [0.15, 0.2) is 6.07 Å². The van der Waals surface area contributed by atoms with E-state index < -0.39 is 0 Å². The van der Waals surface area contributed by atoms with E-state index in [4.69, 9.17) is 0 Å². The minimum absolute atomic E-state index is 0.485. The van der Waals surface area contributed by atoms with Gasteiger partial charge >= 0.3 is 0 Å². The maximum Gasteiger partial charge on any atom is 0.0625 e. The fourth-order valence-corrected chi connectivity index (χ4v) is 2.45. The predicted octanol–water partition coefficient (Wildman–Crippen LogP) is 2.82. The highest BCUT2D eigenvalue weighted by Gasteiger charge is 2.24. The van der Waals surface area contributed by atoms with Crippen molar-refractivity contribution in [2.24, 2.45) is 13.0 Å². The molecule has 0 aromatic carbocycles. The van der Waals surface area contributed by atoms with E-state index in [9.17, 15) is 0 Å². The Morgan fingerprint density at radius 2 is 2.24 bits per heavy atom. The summed E-state index contributed by atoms with van der Waals surface area (Å²) in [5.41, 5.74) is 2.56. The molecule has 2 rings (SSSR count). The molecule has 1 saturated carbocycles. The SMILES string of the molecule is CCNC(CCC1CC1)c1cc(CC)nn1C. The van der Waals surface area contributed by atoms with E-state index in [2.05, 4.69) is 42.1 Å². The third kappa shape index (κ3) is 3.32. The van der Waals surface area contributed by atoms with Crippen LogP contribution >= 0.6 is 0 Å². The van der Waals surface area contributed by atoms with E-state index in [0.29, 0.717) is 6.04 Å². The molecule has 0 bridgehead atoms. The third-order valence-electron chi connectivity index (χ3n) is 3.70. The molecule has 1 N–H and O–H groups in total. The summed E-state index contributed by atoms with van der Waals surface area (Å²) in [5, 5.41) is 8.15. The van der Waals surface area contributed by atoms with Crippen molar-refractivity contribution in [2.75, 3.05) is 6.54 Å². The van der Waals surface area contributed by atoms with E-state index in [1.54, 1.807) is 0 Å². The molecule has 1 aromatic heterocycles. The molecule has 17 heavy (non-hydrogen) atoms. The molecule has 1 unspecified atom stereocenters. The second kappa shape index (κ2) is 5.67. The van der Waals surface area contributed by atoms with Crippen LogP contribution in [0, 0.1) is 5.92 Å². The number of nitrogens with zero attached hydrogens (tertiary/aromatic N) is 2. The van der Waals surface area contributed by atoms with Gasteiger partial charge in [0, 0.05) is 13.1 Å². The molecule has 0 amide bonds. The highest BCUT2D eigenvalue weighted by atomic mass is 15.3. The maximum absolute atomic E-state index is 4.55. The van der Waals surface area contributed by atoms with Gasteiger partial charge in [0.05, 0.1) is 11.4 Å². The smallest absolute Gasteiger partial charge is 0.0625 e. The van der Waals surface area contributed by atoms with Crippen LogP contribution in [0.4, 0.5) is 0 Å². The Kier molecular flexibility index (Phi) is 4.21. The van der Waals surface area contributed by atoms with Crippen LogP contribution in [0.5, 0.6) is 0 Å². The van der Waals surface area contributed by atoms with Gasteiger partial charge in [-0.1, -0.05) is 26.7 Å². The fraction of sp³-hybridized carbons (Fsp3) is 0.786. The molecule has 3 heteroatoms. The molecule has 1 aliphatic carbocycles. The maximum atomic E-state index is 4.55. The number of hydrogen-bond donors (Lipinski definition) is 1. The molecular formula is C14H25N3. The van der Waals surface area contributed by atoms with Gasteiger partial charge in [0.25, 0.3) is 0 Å². The molecule has 1 aromatic rings. The lowest BCUT2D eigenvalue weighted by molar-refractivity contribution is 0.454. The van der Waals surface area contributed by atoms with Gasteiger partial charge in [-0.3, -0.25) is 4.68 Å². The molecule has 1 heterocycles. The number of hydrogen-bond acceptors (Lipinski definition) is 2. The Balaban J connectivity index is 2.03. The van der Waals surface area contributed by atoms with E-state index in [-0.39, 0.29) is 0 Å². The Hall–Kier alpha value is -0.830. The molecule has 0 aliphatic heterocycles. The summed E-state index contributed by atoms with van der Waals surface area (Å²) in [6.45, 7) is 5.38. The monoisotopic (exact) mass is 235 g/mol. The Bertz CT molecular complexity index is 352. The standard InChI is InChI=1S/C14H25N3/c1-4-12-10-14(17(3)16-12)13(15-5-2)9-8-11-6-7-11/h10-11,13,15H,4-9H2,1-3H3. The number of aryl methyl sites for hydroxylation is 2. The number of aromatic nitrogens is 2. The van der Waals surface area contributed by atoms with Crippen LogP contribution in [-0.2, 0) is 13.5 Å². The molecule has 1 fully saturated rings. The van der Waals surface area contributed by atoms with Gasteiger partial charge in [0.2, 0.25) is 0 Å². The van der Waals surface area contributed by atoms with Gasteiger partial charge in [-0.2, -0.15) is 5.10 Å². The largest absolute Gasteiger partial charge is 0.309 e. The zero-order valence-electron chi connectivity index (χ0n) is 11.4. The second-order valence-corrected chi connectivity index (χ2v) is 5.17. The van der Waals surface area contributed by atoms with Crippen molar-refractivity contribution in [3.8, 4) is 0 Å². The fourth-order valence-electron chi connectivity index (χ4n) is 2.45. The Morgan fingerprint density at radius 3 is 2.76 bits per heavy atom. The minimum atomic E-state index is 0.485. The molecule has 1 atom stereocenters. The van der Waals surface area contributed by atoms with Crippen LogP contribution in [-0.4, -0.2) is 16.3 Å². The van der Waals surface area contributed by atoms with Crippen molar-refractivity contribution in [1.82, 2.24) is 15.1 Å². The lowest BCUT2D eigenvalue weighted by Gasteiger charge is -2.17. The van der Waals surface area contributed by atoms with Gasteiger partial charge in [-0.05, 0) is 37.8 Å². The van der Waals surface area contributed by atoms with Crippen LogP contribution in [0.3, 0.4) is 0 Å². The molecule has 0 saturated heterocycles. The van der Waals surface area contributed by atoms with E-state index >= 15 is 0 Å². The minimum Gasteiger partial charge on any atom is -0.309 e. The zero-order chi connectivity index (χ0) is 12.3. The summed E-state index contributed by atoms with van der Waals surface area (Å²) in [6, 6.07) is 2.75. The average molecular weight is 235 g/mol. The molecule has 1 aliphatic rings. The van der Waals surface area contributed by atoms with Gasteiger partial charge in [0.1, 0.15) is 0 Å². The molecular weight excluding hydrogens is 210 g/mol. The summed E-state index contributed by atoms with van der Waals surface area (Å²) < 4.78 is 2.05. The van der Waals surface area contributed by atoms with Crippen LogP contribution in [0.25, 0.3) is 0 Å². The first-order chi connectivity index (χ1) is 8.24. The van der Waals surface area contributed by atoms with Gasteiger partial charge in [-0.25, -0.2) is 0 Å². The highest BCUT2D eigenvalue weighted by Crippen LogP contribution is 2.35. The van der Waals surface area contributed by atoms with Gasteiger partial charge in [0.15, 0.2) is 0 Å². The van der Waals surface area contributed by atoms with E-state index in [1.165, 1.54) is 37.1 Å². The topological polar surface area (TPSA) is 29.9 Å². The first-order valence-electron chi connectivity index (χ1n) is 7.00. The summed E-state index contributed by atoms with van der Waals surface area (Å²) in [5.74, 6) is 1.01. The van der Waals surface area contributed by atoms with Crippen molar-refractivity contribution in [3.63, 3.8) is 0 Å². The van der Waals surface area contributed by atoms with Crippen LogP contribution < -0.4 is 5.32 Å². The zero-order valence-corrected chi connectivity index (χ0v) is 11.4. The highest BCUT2D eigenvalue weighted by molar-refractivity contribution is 5.14. The summed E-state index contributed by atoms with van der Waals surface area (Å²) in [6.07, 6.45) is 6.54. The van der Waals surface area contributed by atoms with Gasteiger partial charge in [-0.15, -0.1) is 0 Å². The summed E-state index contributed by atoms with van der Waals surface area (Å²) in [4.78, 5) is 0. The van der Waals surface area contributed by atoms with Crippen molar-refractivity contribution in [2.45, 2.75) is 52.0 Å². The summed E-state index contributed by atoms with van der Waals surface area (Å²) >= 11 is 0. The lowest BCUT2D eigenvalue weighted by atomic mass is 10.0. The van der Waals surface area contributed by atoms with Crippen LogP contribution in [0.2, 0.25) is 0 Å². The normalized spacial score (nSPS) is 17.4. The van der Waals surface area contributed by atoms with E-state index in [1.807, 2.05) is 0 Å². The molecule has 96 valence electrons. The Morgan fingerprint density at radius 1 is 1.47 bits per heavy atom. The van der Waals surface area contributed by atoms with Crippen molar-refractivity contribution in [1.29, 1.82) is 0 Å². The van der Waals surface area contributed by atoms with Crippen LogP contribution in [0.1, 0.15) is 57.0 Å². The Labute approximate surface area is 105 Å². The molecule has 3 nitrogen and oxygen atoms in total. The predicted molar refractivity (Wildman–Crippen MR) is 71.0 cm³/mol. The molecule has 0 radical (unpaired) electrons.